The molecule has 0 saturated carbocycles. The molecule has 6 rings (SSSR count). The number of aromatic nitrogens is 2. The molecule has 1 aromatic heterocycles. The second-order valence-corrected chi connectivity index (χ2v) is 11.1. The number of alkyl halides is 3. The number of nitrogens with zero attached hydrogens (tertiary/aromatic N) is 4. The molecule has 0 radical (unpaired) electrons. The molecule has 1 amide bonds. The molecule has 0 N–H and O–H groups in total. The number of carbonyl (C=O) groups is 1. The summed E-state index contributed by atoms with van der Waals surface area (Å²) < 4.78 is 50.5. The van der Waals surface area contributed by atoms with Gasteiger partial charge in [-0.25, -0.2) is 4.98 Å². The van der Waals surface area contributed by atoms with E-state index in [0.717, 1.165) is 33.4 Å². The Hall–Kier alpha value is -4.99. The lowest BCUT2D eigenvalue weighted by atomic mass is 10.1. The number of imidazole rings is 1. The van der Waals surface area contributed by atoms with Crippen LogP contribution in [0.3, 0.4) is 0 Å². The van der Waals surface area contributed by atoms with E-state index in [0.29, 0.717) is 44.3 Å². The molecule has 1 aliphatic heterocycles. The van der Waals surface area contributed by atoms with Crippen molar-refractivity contribution in [3.63, 3.8) is 0 Å². The first-order valence-corrected chi connectivity index (χ1v) is 14.8. The molecule has 4 aromatic carbocycles. The maximum absolute atomic E-state index is 13.2. The van der Waals surface area contributed by atoms with Gasteiger partial charge in [-0.15, -0.1) is 13.2 Å². The van der Waals surface area contributed by atoms with Crippen molar-refractivity contribution in [2.24, 2.45) is 0 Å². The highest BCUT2D eigenvalue weighted by Gasteiger charge is 2.31. The lowest BCUT2D eigenvalue weighted by molar-refractivity contribution is -0.274. The summed E-state index contributed by atoms with van der Waals surface area (Å²) >= 11 is 0. The van der Waals surface area contributed by atoms with Gasteiger partial charge < -0.3 is 23.8 Å². The number of fused-ring (bicyclic) bond motifs is 1. The van der Waals surface area contributed by atoms with Gasteiger partial charge in [0.25, 0.3) is 5.91 Å². The summed E-state index contributed by atoms with van der Waals surface area (Å²) in [4.78, 5) is 22.2. The zero-order valence-corrected chi connectivity index (χ0v) is 25.0. The van der Waals surface area contributed by atoms with Crippen molar-refractivity contribution in [2.75, 3.05) is 31.1 Å². The Morgan fingerprint density at radius 3 is 2.24 bits per heavy atom. The third-order valence-electron chi connectivity index (χ3n) is 7.99. The van der Waals surface area contributed by atoms with Crippen LogP contribution in [0.2, 0.25) is 0 Å². The summed E-state index contributed by atoms with van der Waals surface area (Å²) in [6, 6.07) is 29.1. The van der Waals surface area contributed by atoms with Crippen LogP contribution < -0.4 is 14.4 Å². The van der Waals surface area contributed by atoms with Crippen LogP contribution in [0.1, 0.15) is 40.3 Å². The number of aryl methyl sites for hydroxylation is 1. The number of benzene rings is 4. The number of hydrogen-bond donors (Lipinski definition) is 0. The SMILES string of the molecule is Cc1ccccc1C(=O)N1CCN(c2ccc3nc(C(C)Oc4ccccc4)n(Cc4ccc(OC(F)(F)F)cc4)c3c2)CC1. The van der Waals surface area contributed by atoms with Gasteiger partial charge in [0.15, 0.2) is 11.9 Å². The average Bonchev–Trinajstić information content (AvgIpc) is 3.39. The van der Waals surface area contributed by atoms with E-state index in [1.165, 1.54) is 12.1 Å². The molecule has 232 valence electrons. The van der Waals surface area contributed by atoms with E-state index >= 15 is 0 Å². The number of anilines is 1. The second kappa shape index (κ2) is 12.6. The molecule has 10 heteroatoms. The van der Waals surface area contributed by atoms with Crippen molar-refractivity contribution >= 4 is 22.6 Å². The summed E-state index contributed by atoms with van der Waals surface area (Å²) in [6.07, 6.45) is -5.16. The second-order valence-electron chi connectivity index (χ2n) is 11.1. The van der Waals surface area contributed by atoms with E-state index in [4.69, 9.17) is 9.72 Å². The maximum atomic E-state index is 13.2. The molecule has 7 nitrogen and oxygen atoms in total. The van der Waals surface area contributed by atoms with Gasteiger partial charge in [-0.2, -0.15) is 0 Å². The molecule has 0 aliphatic carbocycles. The fraction of sp³-hybridized carbons (Fsp3) is 0.257. The van der Waals surface area contributed by atoms with Gasteiger partial charge in [0.1, 0.15) is 11.5 Å². The van der Waals surface area contributed by atoms with Crippen molar-refractivity contribution in [1.82, 2.24) is 14.5 Å². The van der Waals surface area contributed by atoms with Crippen molar-refractivity contribution < 1.29 is 27.4 Å². The lowest BCUT2D eigenvalue weighted by Crippen LogP contribution is -2.48. The minimum atomic E-state index is -4.75. The first kappa shape index (κ1) is 30.1. The van der Waals surface area contributed by atoms with Crippen LogP contribution in [0.4, 0.5) is 18.9 Å². The van der Waals surface area contributed by atoms with Crippen LogP contribution in [-0.2, 0) is 6.54 Å². The first-order chi connectivity index (χ1) is 21.6. The highest BCUT2D eigenvalue weighted by Crippen LogP contribution is 2.30. The summed E-state index contributed by atoms with van der Waals surface area (Å²) in [5.41, 5.74) is 5.14. The van der Waals surface area contributed by atoms with E-state index < -0.39 is 12.5 Å². The number of halogens is 3. The molecule has 5 aromatic rings. The van der Waals surface area contributed by atoms with Gasteiger partial charge >= 0.3 is 6.36 Å². The van der Waals surface area contributed by atoms with Crippen LogP contribution in [0, 0.1) is 6.92 Å². The van der Waals surface area contributed by atoms with Gasteiger partial charge in [-0.3, -0.25) is 4.79 Å². The maximum Gasteiger partial charge on any atom is 0.573 e. The van der Waals surface area contributed by atoms with Crippen LogP contribution in [-0.4, -0.2) is 52.9 Å². The zero-order valence-electron chi connectivity index (χ0n) is 25.0. The minimum Gasteiger partial charge on any atom is -0.483 e. The van der Waals surface area contributed by atoms with Crippen molar-refractivity contribution in [1.29, 1.82) is 0 Å². The van der Waals surface area contributed by atoms with Gasteiger partial charge in [0, 0.05) is 44.0 Å². The van der Waals surface area contributed by atoms with Gasteiger partial charge in [0.05, 0.1) is 11.0 Å². The molecule has 1 unspecified atom stereocenters. The summed E-state index contributed by atoms with van der Waals surface area (Å²) in [5, 5.41) is 0. The van der Waals surface area contributed by atoms with E-state index in [2.05, 4.69) is 15.7 Å². The number of para-hydroxylation sites is 1. The predicted octanol–water partition coefficient (Wildman–Crippen LogP) is 7.39. The highest BCUT2D eigenvalue weighted by molar-refractivity contribution is 5.95. The Morgan fingerprint density at radius 1 is 0.867 bits per heavy atom. The molecule has 1 fully saturated rings. The van der Waals surface area contributed by atoms with Gasteiger partial charge in [-0.05, 0) is 73.5 Å². The number of piperazine rings is 1. The molecule has 1 atom stereocenters. The van der Waals surface area contributed by atoms with E-state index in [1.54, 1.807) is 12.1 Å². The van der Waals surface area contributed by atoms with Gasteiger partial charge in [-0.1, -0.05) is 48.5 Å². The third-order valence-corrected chi connectivity index (χ3v) is 7.99. The summed E-state index contributed by atoms with van der Waals surface area (Å²) in [5.74, 6) is 1.17. The number of rotatable bonds is 8. The number of amides is 1. The third kappa shape index (κ3) is 6.90. The molecular weight excluding hydrogens is 581 g/mol. The molecule has 1 saturated heterocycles. The Bertz CT molecular complexity index is 1780. The first-order valence-electron chi connectivity index (χ1n) is 14.8. The van der Waals surface area contributed by atoms with E-state index in [1.807, 2.05) is 90.0 Å². The normalized spacial score (nSPS) is 14.4. The average molecular weight is 615 g/mol. The predicted molar refractivity (Wildman–Crippen MR) is 167 cm³/mol. The van der Waals surface area contributed by atoms with E-state index in [9.17, 15) is 18.0 Å². The Kier molecular flexibility index (Phi) is 8.38. The quantitative estimate of drug-likeness (QED) is 0.182. The summed E-state index contributed by atoms with van der Waals surface area (Å²) in [7, 11) is 0. The number of ether oxygens (including phenoxy) is 2. The molecule has 1 aliphatic rings. The molecule has 0 bridgehead atoms. The highest BCUT2D eigenvalue weighted by atomic mass is 19.4. The minimum absolute atomic E-state index is 0.0463. The monoisotopic (exact) mass is 614 g/mol. The van der Waals surface area contributed by atoms with E-state index in [-0.39, 0.29) is 11.7 Å². The fourth-order valence-electron chi connectivity index (χ4n) is 5.69. The Morgan fingerprint density at radius 2 is 1.56 bits per heavy atom. The number of carbonyl (C=O) groups excluding carboxylic acids is 1. The molecule has 0 spiro atoms. The van der Waals surface area contributed by atoms with Crippen LogP contribution in [0.5, 0.6) is 11.5 Å². The van der Waals surface area contributed by atoms with Crippen molar-refractivity contribution in [3.8, 4) is 11.5 Å². The topological polar surface area (TPSA) is 59.8 Å². The zero-order chi connectivity index (χ0) is 31.6. The standard InChI is InChI=1S/C35H33F3N4O3/c1-24-8-6-7-11-30(24)34(43)41-20-18-40(19-21-41)27-14-17-31-32(22-27)42(23-26-12-15-29(16-13-26)45-35(36,37)38)33(39-31)25(2)44-28-9-4-3-5-10-28/h3-17,22,25H,18-21,23H2,1-2H3. The van der Waals surface area contributed by atoms with Crippen LogP contribution >= 0.6 is 0 Å². The lowest BCUT2D eigenvalue weighted by Gasteiger charge is -2.36. The Balaban J connectivity index is 1.27. The van der Waals surface area contributed by atoms with Gasteiger partial charge in [0.2, 0.25) is 0 Å². The largest absolute Gasteiger partial charge is 0.573 e. The number of hydrogen-bond acceptors (Lipinski definition) is 5. The van der Waals surface area contributed by atoms with Crippen molar-refractivity contribution in [2.45, 2.75) is 32.9 Å². The Labute approximate surface area is 259 Å². The molecule has 2 heterocycles. The van der Waals surface area contributed by atoms with Crippen molar-refractivity contribution in [3.05, 3.63) is 120 Å². The van der Waals surface area contributed by atoms with Crippen LogP contribution in [0.25, 0.3) is 11.0 Å². The van der Waals surface area contributed by atoms with Crippen LogP contribution in [0.15, 0.2) is 97.1 Å². The smallest absolute Gasteiger partial charge is 0.483 e. The molecular formula is C35H33F3N4O3. The summed E-state index contributed by atoms with van der Waals surface area (Å²) in [6.45, 7) is 6.80. The fourth-order valence-corrected chi connectivity index (χ4v) is 5.69. The molecule has 45 heavy (non-hydrogen) atoms.